The van der Waals surface area contributed by atoms with Crippen LogP contribution in [0.5, 0.6) is 0 Å². The van der Waals surface area contributed by atoms with Gasteiger partial charge < -0.3 is 5.32 Å². The summed E-state index contributed by atoms with van der Waals surface area (Å²) in [6, 6.07) is 13.0. The molecule has 32 heavy (non-hydrogen) atoms. The fourth-order valence-corrected chi connectivity index (χ4v) is 4.60. The number of carbonyl (C=O) groups is 1. The number of hydrogen-bond donors (Lipinski definition) is 2. The van der Waals surface area contributed by atoms with Crippen LogP contribution in [0.2, 0.25) is 5.02 Å². The van der Waals surface area contributed by atoms with Crippen molar-refractivity contribution in [3.63, 3.8) is 0 Å². The molecule has 3 aromatic rings. The minimum absolute atomic E-state index is 0.0698. The largest absolute Gasteiger partial charge is 0.325 e. The predicted octanol–water partition coefficient (Wildman–Crippen LogP) is 2.34. The third-order valence-corrected chi connectivity index (χ3v) is 6.74. The van der Waals surface area contributed by atoms with E-state index in [2.05, 4.69) is 20.0 Å². The molecular formula is C19H18ClN5O5S2. The molecule has 0 bridgehead atoms. The zero-order chi connectivity index (χ0) is 23.4. The minimum Gasteiger partial charge on any atom is -0.325 e. The Morgan fingerprint density at radius 3 is 2.25 bits per heavy atom. The molecule has 0 radical (unpaired) electrons. The summed E-state index contributed by atoms with van der Waals surface area (Å²) in [5.41, 5.74) is 0.523. The van der Waals surface area contributed by atoms with E-state index in [1.165, 1.54) is 48.8 Å². The van der Waals surface area contributed by atoms with Crippen molar-refractivity contribution in [1.82, 2.24) is 9.97 Å². The smallest absolute Gasteiger partial charge is 0.264 e. The lowest BCUT2D eigenvalue weighted by molar-refractivity contribution is -0.114. The van der Waals surface area contributed by atoms with Crippen LogP contribution in [-0.4, -0.2) is 45.5 Å². The van der Waals surface area contributed by atoms with Gasteiger partial charge in [0.25, 0.3) is 10.0 Å². The third-order valence-electron chi connectivity index (χ3n) is 4.02. The second-order valence-electron chi connectivity index (χ2n) is 6.50. The molecule has 0 spiro atoms. The Kier molecular flexibility index (Phi) is 6.96. The number of halogens is 1. The van der Waals surface area contributed by atoms with E-state index in [4.69, 9.17) is 11.6 Å². The molecule has 0 fully saturated rings. The first-order valence-corrected chi connectivity index (χ1v) is 12.7. The maximum absolute atomic E-state index is 12.5. The first-order valence-electron chi connectivity index (χ1n) is 8.98. The second-order valence-corrected chi connectivity index (χ2v) is 10.5. The summed E-state index contributed by atoms with van der Waals surface area (Å²) in [7, 11) is -7.69. The van der Waals surface area contributed by atoms with E-state index in [0.717, 1.165) is 10.6 Å². The van der Waals surface area contributed by atoms with Crippen LogP contribution in [0.25, 0.3) is 0 Å². The number of anilines is 3. The maximum atomic E-state index is 12.5. The molecule has 2 N–H and O–H groups in total. The fraction of sp³-hybridized carbons (Fsp3) is 0.105. The molecule has 0 saturated heterocycles. The Labute approximate surface area is 190 Å². The van der Waals surface area contributed by atoms with Gasteiger partial charge >= 0.3 is 0 Å². The van der Waals surface area contributed by atoms with Crippen molar-refractivity contribution in [2.24, 2.45) is 0 Å². The fourth-order valence-electron chi connectivity index (χ4n) is 2.61. The van der Waals surface area contributed by atoms with Gasteiger partial charge in [0.1, 0.15) is 6.54 Å². The summed E-state index contributed by atoms with van der Waals surface area (Å²) >= 11 is 5.92. The van der Waals surface area contributed by atoms with E-state index in [0.29, 0.717) is 5.02 Å². The van der Waals surface area contributed by atoms with E-state index in [1.807, 2.05) is 0 Å². The normalized spacial score (nSPS) is 11.6. The zero-order valence-corrected chi connectivity index (χ0v) is 19.0. The van der Waals surface area contributed by atoms with Gasteiger partial charge in [0.2, 0.25) is 21.9 Å². The van der Waals surface area contributed by atoms with Gasteiger partial charge in [0.05, 0.1) is 16.8 Å². The lowest BCUT2D eigenvalue weighted by Crippen LogP contribution is -2.37. The number of aromatic nitrogens is 2. The third kappa shape index (κ3) is 6.15. The average molecular weight is 496 g/mol. The highest BCUT2D eigenvalue weighted by molar-refractivity contribution is 7.92. The molecule has 0 aliphatic rings. The van der Waals surface area contributed by atoms with E-state index in [-0.39, 0.29) is 22.2 Å². The highest BCUT2D eigenvalue weighted by Crippen LogP contribution is 2.22. The lowest BCUT2D eigenvalue weighted by Gasteiger charge is -2.22. The number of hydrogen-bond acceptors (Lipinski definition) is 7. The summed E-state index contributed by atoms with van der Waals surface area (Å²) in [6.07, 6.45) is 3.77. The van der Waals surface area contributed by atoms with Crippen LogP contribution in [0.1, 0.15) is 0 Å². The Morgan fingerprint density at radius 1 is 1.00 bits per heavy atom. The SMILES string of the molecule is CS(=O)(=O)N(CC(=O)Nc1ccc(S(=O)(=O)Nc2ncccn2)cc1)c1cccc(Cl)c1. The van der Waals surface area contributed by atoms with E-state index < -0.39 is 32.5 Å². The molecule has 0 aliphatic heterocycles. The number of amides is 1. The van der Waals surface area contributed by atoms with Gasteiger partial charge in [-0.1, -0.05) is 17.7 Å². The molecule has 0 aliphatic carbocycles. The number of nitrogens with zero attached hydrogens (tertiary/aromatic N) is 3. The standard InChI is InChI=1S/C19H18ClN5O5S2/c1-31(27,28)25(16-5-2-4-14(20)12-16)13-18(26)23-15-6-8-17(9-7-15)32(29,30)24-19-21-10-3-11-22-19/h2-12H,13H2,1H3,(H,23,26)(H,21,22,24). The van der Waals surface area contributed by atoms with Crippen LogP contribution in [-0.2, 0) is 24.8 Å². The van der Waals surface area contributed by atoms with Crippen molar-refractivity contribution >= 4 is 54.9 Å². The Hall–Kier alpha value is -3.22. The van der Waals surface area contributed by atoms with Crippen LogP contribution in [0, 0.1) is 0 Å². The summed E-state index contributed by atoms with van der Waals surface area (Å²) in [6.45, 7) is -0.494. The molecule has 168 valence electrons. The lowest BCUT2D eigenvalue weighted by atomic mass is 10.3. The van der Waals surface area contributed by atoms with Crippen LogP contribution in [0.3, 0.4) is 0 Å². The van der Waals surface area contributed by atoms with Gasteiger partial charge in [-0.25, -0.2) is 31.5 Å². The second kappa shape index (κ2) is 9.51. The van der Waals surface area contributed by atoms with E-state index in [1.54, 1.807) is 18.2 Å². The molecular weight excluding hydrogens is 478 g/mol. The van der Waals surface area contributed by atoms with Gasteiger partial charge in [-0.05, 0) is 48.5 Å². The predicted molar refractivity (Wildman–Crippen MR) is 122 cm³/mol. The molecule has 1 aromatic heterocycles. The molecule has 2 aromatic carbocycles. The van der Waals surface area contributed by atoms with E-state index in [9.17, 15) is 21.6 Å². The van der Waals surface area contributed by atoms with Gasteiger partial charge in [0, 0.05) is 23.1 Å². The van der Waals surface area contributed by atoms with E-state index >= 15 is 0 Å². The highest BCUT2D eigenvalue weighted by atomic mass is 35.5. The van der Waals surface area contributed by atoms with Crippen molar-refractivity contribution in [1.29, 1.82) is 0 Å². The van der Waals surface area contributed by atoms with Gasteiger partial charge in [0.15, 0.2) is 0 Å². The van der Waals surface area contributed by atoms with Crippen molar-refractivity contribution < 1.29 is 21.6 Å². The summed E-state index contributed by atoms with van der Waals surface area (Å²) in [5.74, 6) is -0.700. The zero-order valence-electron chi connectivity index (χ0n) is 16.6. The average Bonchev–Trinajstić information content (AvgIpc) is 2.72. The summed E-state index contributed by atoms with van der Waals surface area (Å²) in [4.78, 5) is 20.0. The minimum atomic E-state index is -3.92. The number of rotatable bonds is 8. The molecule has 1 amide bonds. The van der Waals surface area contributed by atoms with Gasteiger partial charge in [-0.15, -0.1) is 0 Å². The molecule has 3 rings (SSSR count). The van der Waals surface area contributed by atoms with Crippen LogP contribution < -0.4 is 14.3 Å². The summed E-state index contributed by atoms with van der Waals surface area (Å²) < 4.78 is 52.3. The van der Waals surface area contributed by atoms with Crippen molar-refractivity contribution in [2.45, 2.75) is 4.90 Å². The Morgan fingerprint density at radius 2 is 1.66 bits per heavy atom. The maximum Gasteiger partial charge on any atom is 0.264 e. The van der Waals surface area contributed by atoms with Gasteiger partial charge in [-0.3, -0.25) is 9.10 Å². The molecule has 0 saturated carbocycles. The quantitative estimate of drug-likeness (QED) is 0.489. The molecule has 0 unspecified atom stereocenters. The first-order chi connectivity index (χ1) is 15.0. The van der Waals surface area contributed by atoms with Crippen molar-refractivity contribution in [3.8, 4) is 0 Å². The van der Waals surface area contributed by atoms with Crippen LogP contribution in [0.15, 0.2) is 71.9 Å². The number of sulfonamides is 2. The van der Waals surface area contributed by atoms with Crippen molar-refractivity contribution in [3.05, 3.63) is 72.0 Å². The molecule has 13 heteroatoms. The van der Waals surface area contributed by atoms with Gasteiger partial charge in [-0.2, -0.15) is 0 Å². The first kappa shape index (κ1) is 23.4. The summed E-state index contributed by atoms with van der Waals surface area (Å²) in [5, 5.41) is 2.86. The Balaban J connectivity index is 1.71. The van der Waals surface area contributed by atoms with Crippen LogP contribution >= 0.6 is 11.6 Å². The Bertz CT molecular complexity index is 1320. The van der Waals surface area contributed by atoms with Crippen LogP contribution in [0.4, 0.5) is 17.3 Å². The number of carbonyl (C=O) groups excluding carboxylic acids is 1. The molecule has 10 nitrogen and oxygen atoms in total. The van der Waals surface area contributed by atoms with Crippen molar-refractivity contribution in [2.75, 3.05) is 27.1 Å². The number of nitrogens with one attached hydrogen (secondary N) is 2. The molecule has 1 heterocycles. The monoisotopic (exact) mass is 495 g/mol. The topological polar surface area (TPSA) is 138 Å². The number of benzene rings is 2. The molecule has 0 atom stereocenters. The highest BCUT2D eigenvalue weighted by Gasteiger charge is 2.21.